The Morgan fingerprint density at radius 3 is 2.52 bits per heavy atom. The van der Waals surface area contributed by atoms with Crippen LogP contribution in [-0.2, 0) is 10.0 Å². The summed E-state index contributed by atoms with van der Waals surface area (Å²) >= 11 is 9.81. The second kappa shape index (κ2) is 8.01. The van der Waals surface area contributed by atoms with Crippen molar-refractivity contribution in [2.45, 2.75) is 4.90 Å². The summed E-state index contributed by atoms with van der Waals surface area (Å²) in [6, 6.07) is 12.1. The fourth-order valence-electron chi connectivity index (χ4n) is 3.31. The molecule has 9 heteroatoms. The second-order valence-corrected chi connectivity index (χ2v) is 9.28. The molecule has 0 saturated carbocycles. The second-order valence-electron chi connectivity index (χ2n) is 6.14. The summed E-state index contributed by atoms with van der Waals surface area (Å²) in [6.45, 7) is 3.43. The van der Waals surface area contributed by atoms with Crippen molar-refractivity contribution in [2.24, 2.45) is 0 Å². The molecule has 1 aromatic heterocycles. The number of nitrogens with zero attached hydrogens (tertiary/aromatic N) is 2. The van der Waals surface area contributed by atoms with Gasteiger partial charge in [-0.25, -0.2) is 12.4 Å². The molecular formula is C18H18BrCl2N3O2S. The first-order valence-corrected chi connectivity index (χ1v) is 10.9. The molecular weight excluding hydrogens is 473 g/mol. The smallest absolute Gasteiger partial charge is 0.268 e. The van der Waals surface area contributed by atoms with Gasteiger partial charge in [0.05, 0.1) is 21.1 Å². The van der Waals surface area contributed by atoms with E-state index in [1.165, 1.54) is 3.97 Å². The van der Waals surface area contributed by atoms with Crippen molar-refractivity contribution in [3.05, 3.63) is 58.2 Å². The topological polar surface area (TPSA) is 54.3 Å². The number of benzene rings is 2. The van der Waals surface area contributed by atoms with Crippen LogP contribution in [0.25, 0.3) is 10.9 Å². The minimum Gasteiger partial charge on any atom is -0.367 e. The maximum Gasteiger partial charge on any atom is 0.268 e. The Bertz CT molecular complexity index is 1080. The molecule has 27 heavy (non-hydrogen) atoms. The Morgan fingerprint density at radius 2 is 1.81 bits per heavy atom. The van der Waals surface area contributed by atoms with Crippen molar-refractivity contribution in [2.75, 3.05) is 31.1 Å². The molecule has 1 aliphatic rings. The third-order valence-corrected chi connectivity index (χ3v) is 7.03. The van der Waals surface area contributed by atoms with Crippen molar-refractivity contribution in [3.63, 3.8) is 0 Å². The van der Waals surface area contributed by atoms with E-state index in [1.807, 2.05) is 6.07 Å². The molecule has 0 unspecified atom stereocenters. The first kappa shape index (κ1) is 20.5. The maximum atomic E-state index is 13.1. The Kier molecular flexibility index (Phi) is 6.08. The zero-order chi connectivity index (χ0) is 18.3. The highest BCUT2D eigenvalue weighted by Gasteiger charge is 2.23. The molecule has 2 heterocycles. The number of rotatable bonds is 3. The van der Waals surface area contributed by atoms with Crippen LogP contribution < -0.4 is 10.2 Å². The zero-order valence-electron chi connectivity index (χ0n) is 14.2. The highest BCUT2D eigenvalue weighted by atomic mass is 79.9. The number of aromatic nitrogens is 1. The van der Waals surface area contributed by atoms with Crippen molar-refractivity contribution in [3.8, 4) is 0 Å². The summed E-state index contributed by atoms with van der Waals surface area (Å²) in [5.41, 5.74) is 1.52. The maximum absolute atomic E-state index is 13.1. The summed E-state index contributed by atoms with van der Waals surface area (Å²) < 4.78 is 28.3. The number of hydrogen-bond acceptors (Lipinski definition) is 4. The van der Waals surface area contributed by atoms with Gasteiger partial charge in [0.25, 0.3) is 10.0 Å². The lowest BCUT2D eigenvalue weighted by Crippen LogP contribution is -2.43. The van der Waals surface area contributed by atoms with Crippen molar-refractivity contribution in [1.29, 1.82) is 0 Å². The summed E-state index contributed by atoms with van der Waals surface area (Å²) in [6.07, 6.45) is 1.60. The van der Waals surface area contributed by atoms with E-state index in [2.05, 4.69) is 26.1 Å². The molecule has 0 amide bonds. The van der Waals surface area contributed by atoms with Gasteiger partial charge in [-0.3, -0.25) is 0 Å². The molecule has 5 nitrogen and oxygen atoms in total. The van der Waals surface area contributed by atoms with Crippen LogP contribution in [0, 0.1) is 0 Å². The van der Waals surface area contributed by atoms with E-state index in [0.717, 1.165) is 41.7 Å². The van der Waals surface area contributed by atoms with E-state index in [4.69, 9.17) is 11.6 Å². The average Bonchev–Trinajstić information content (AvgIpc) is 3.07. The lowest BCUT2D eigenvalue weighted by molar-refractivity contribution is 0.588. The third kappa shape index (κ3) is 3.71. The minimum atomic E-state index is -3.69. The van der Waals surface area contributed by atoms with E-state index in [1.54, 1.807) is 42.6 Å². The van der Waals surface area contributed by atoms with Crippen LogP contribution in [0.15, 0.2) is 58.0 Å². The quantitative estimate of drug-likeness (QED) is 0.599. The van der Waals surface area contributed by atoms with Gasteiger partial charge in [-0.15, -0.1) is 12.4 Å². The van der Waals surface area contributed by atoms with Crippen LogP contribution in [0.3, 0.4) is 0 Å². The van der Waals surface area contributed by atoms with Crippen LogP contribution in [0.1, 0.15) is 0 Å². The van der Waals surface area contributed by atoms with Gasteiger partial charge in [0.1, 0.15) is 0 Å². The predicted molar refractivity (Wildman–Crippen MR) is 116 cm³/mol. The average molecular weight is 491 g/mol. The van der Waals surface area contributed by atoms with Crippen LogP contribution in [0.4, 0.5) is 5.69 Å². The molecule has 144 valence electrons. The monoisotopic (exact) mass is 489 g/mol. The highest BCUT2D eigenvalue weighted by molar-refractivity contribution is 9.10. The van der Waals surface area contributed by atoms with Crippen LogP contribution >= 0.6 is 39.9 Å². The molecule has 0 spiro atoms. The zero-order valence-corrected chi connectivity index (χ0v) is 18.2. The number of hydrogen-bond donors (Lipinski definition) is 1. The number of anilines is 1. The van der Waals surface area contributed by atoms with Gasteiger partial charge in [0.15, 0.2) is 0 Å². The first-order chi connectivity index (χ1) is 12.5. The Balaban J connectivity index is 0.00000210. The normalized spacial score (nSPS) is 15.0. The lowest BCUT2D eigenvalue weighted by Gasteiger charge is -2.30. The highest BCUT2D eigenvalue weighted by Crippen LogP contribution is 2.36. The molecule has 3 aromatic rings. The lowest BCUT2D eigenvalue weighted by atomic mass is 10.2. The molecule has 4 rings (SSSR count). The van der Waals surface area contributed by atoms with Gasteiger partial charge in [0.2, 0.25) is 0 Å². The van der Waals surface area contributed by atoms with Crippen LogP contribution in [-0.4, -0.2) is 38.6 Å². The molecule has 0 bridgehead atoms. The molecule has 1 fully saturated rings. The molecule has 1 saturated heterocycles. The van der Waals surface area contributed by atoms with Crippen molar-refractivity contribution < 1.29 is 8.42 Å². The van der Waals surface area contributed by atoms with E-state index < -0.39 is 10.0 Å². The van der Waals surface area contributed by atoms with Gasteiger partial charge in [-0.2, -0.15) is 0 Å². The van der Waals surface area contributed by atoms with Gasteiger partial charge in [-0.05, 0) is 36.4 Å². The van der Waals surface area contributed by atoms with E-state index in [9.17, 15) is 8.42 Å². The number of fused-ring (bicyclic) bond motifs is 1. The fraction of sp³-hybridized carbons (Fsp3) is 0.222. The summed E-state index contributed by atoms with van der Waals surface area (Å²) in [7, 11) is -3.69. The first-order valence-electron chi connectivity index (χ1n) is 8.25. The largest absolute Gasteiger partial charge is 0.367 e. The molecule has 0 aliphatic carbocycles. The number of halogens is 3. The Hall–Kier alpha value is -1.25. The van der Waals surface area contributed by atoms with E-state index >= 15 is 0 Å². The van der Waals surface area contributed by atoms with Crippen LogP contribution in [0.2, 0.25) is 5.02 Å². The third-order valence-electron chi connectivity index (χ3n) is 4.54. The Morgan fingerprint density at radius 1 is 1.07 bits per heavy atom. The molecule has 1 N–H and O–H groups in total. The molecule has 0 atom stereocenters. The van der Waals surface area contributed by atoms with Gasteiger partial charge < -0.3 is 10.2 Å². The summed E-state index contributed by atoms with van der Waals surface area (Å²) in [5.74, 6) is 0. The summed E-state index contributed by atoms with van der Waals surface area (Å²) in [5, 5.41) is 4.80. The fourth-order valence-corrected chi connectivity index (χ4v) is 5.54. The molecule has 2 aromatic carbocycles. The van der Waals surface area contributed by atoms with E-state index in [-0.39, 0.29) is 17.3 Å². The Labute approximate surface area is 177 Å². The SMILES string of the molecule is Cl.O=S(=O)(c1cccc(Br)c1)n1ccc2c(N3CCNCC3)c(Cl)ccc21. The molecule has 0 radical (unpaired) electrons. The summed E-state index contributed by atoms with van der Waals surface area (Å²) in [4.78, 5) is 2.44. The number of nitrogens with one attached hydrogen (secondary N) is 1. The van der Waals surface area contributed by atoms with Crippen molar-refractivity contribution >= 4 is 66.6 Å². The van der Waals surface area contributed by atoms with E-state index in [0.29, 0.717) is 10.5 Å². The van der Waals surface area contributed by atoms with Crippen molar-refractivity contribution in [1.82, 2.24) is 9.29 Å². The standard InChI is InChI=1S/C18H17BrClN3O2S.ClH/c19-13-2-1-3-14(12-13)26(24,25)23-9-6-15-17(23)5-4-16(20)18(15)22-10-7-21-8-11-22;/h1-6,9,12,21H,7-8,10-11H2;1H. The minimum absolute atomic E-state index is 0. The van der Waals surface area contributed by atoms with Gasteiger partial charge >= 0.3 is 0 Å². The van der Waals surface area contributed by atoms with Gasteiger partial charge in [0, 0.05) is 42.2 Å². The number of piperazine rings is 1. The van der Waals surface area contributed by atoms with Crippen LogP contribution in [0.5, 0.6) is 0 Å². The van der Waals surface area contributed by atoms with Gasteiger partial charge in [-0.1, -0.05) is 33.6 Å². The molecule has 1 aliphatic heterocycles. The predicted octanol–water partition coefficient (Wildman–Crippen LogP) is 4.13.